The Morgan fingerprint density at radius 3 is 0.870 bits per heavy atom. The molecule has 0 aliphatic carbocycles. The summed E-state index contributed by atoms with van der Waals surface area (Å²) in [4.78, 5) is 1.83. The SMILES string of the molecule is CC(C)CC[NH+](CCC(C)C)CCC(C)C.F[P-](F)(F)(F)(F)F. The molecule has 0 aromatic carbocycles. The first-order valence-corrected chi connectivity index (χ1v) is 10.3. The topological polar surface area (TPSA) is 4.44 Å². The van der Waals surface area contributed by atoms with E-state index in [1.807, 2.05) is 4.90 Å². The molecule has 0 unspecified atom stereocenters. The Bertz CT molecular complexity index is 270. The molecular weight excluding hydrogens is 339 g/mol. The van der Waals surface area contributed by atoms with E-state index in [0.29, 0.717) is 0 Å². The van der Waals surface area contributed by atoms with E-state index in [4.69, 9.17) is 0 Å². The van der Waals surface area contributed by atoms with E-state index in [-0.39, 0.29) is 0 Å². The van der Waals surface area contributed by atoms with Gasteiger partial charge in [0.1, 0.15) is 0 Å². The Kier molecular flexibility index (Phi) is 9.74. The predicted octanol–water partition coefficient (Wildman–Crippen LogP) is 6.39. The normalized spacial score (nSPS) is 15.7. The van der Waals surface area contributed by atoms with Gasteiger partial charge in [-0.25, -0.2) is 0 Å². The van der Waals surface area contributed by atoms with Gasteiger partial charge in [-0.2, -0.15) is 0 Å². The zero-order chi connectivity index (χ0) is 19.0. The molecule has 0 spiro atoms. The molecule has 0 aromatic heterocycles. The summed E-state index contributed by atoms with van der Waals surface area (Å²) in [6.07, 6.45) is 4.14. The fourth-order valence-corrected chi connectivity index (χ4v) is 1.85. The molecule has 8 heteroatoms. The summed E-state index contributed by atoms with van der Waals surface area (Å²) in [7, 11) is -10.7. The second-order valence-electron chi connectivity index (χ2n) is 7.51. The van der Waals surface area contributed by atoms with Crippen LogP contribution in [0.2, 0.25) is 0 Å². The molecule has 0 saturated carbocycles. The maximum atomic E-state index is 9.87. The van der Waals surface area contributed by atoms with Gasteiger partial charge in [-0.3, -0.25) is 0 Å². The first kappa shape index (κ1) is 25.2. The van der Waals surface area contributed by atoms with Gasteiger partial charge < -0.3 is 4.90 Å². The summed E-state index contributed by atoms with van der Waals surface area (Å²) in [6.45, 7) is 18.1. The van der Waals surface area contributed by atoms with E-state index in [2.05, 4.69) is 41.5 Å². The summed E-state index contributed by atoms with van der Waals surface area (Å²) in [5, 5.41) is 0. The van der Waals surface area contributed by atoms with Crippen LogP contribution in [0.1, 0.15) is 60.8 Å². The summed E-state index contributed by atoms with van der Waals surface area (Å²) >= 11 is 0. The molecule has 23 heavy (non-hydrogen) atoms. The zero-order valence-corrected chi connectivity index (χ0v) is 16.1. The molecule has 0 amide bonds. The van der Waals surface area contributed by atoms with Crippen LogP contribution < -0.4 is 4.90 Å². The van der Waals surface area contributed by atoms with Gasteiger partial charge in [-0.05, 0) is 37.0 Å². The third-order valence-electron chi connectivity index (χ3n) is 3.23. The summed E-state index contributed by atoms with van der Waals surface area (Å²) < 4.78 is 59.2. The van der Waals surface area contributed by atoms with Crippen molar-refractivity contribution in [2.75, 3.05) is 19.6 Å². The van der Waals surface area contributed by atoms with Crippen molar-refractivity contribution < 1.29 is 30.1 Å². The Labute approximate surface area is 137 Å². The van der Waals surface area contributed by atoms with E-state index in [1.165, 1.54) is 38.9 Å². The van der Waals surface area contributed by atoms with Crippen molar-refractivity contribution in [2.45, 2.75) is 60.8 Å². The number of halogens is 6. The van der Waals surface area contributed by atoms with Crippen LogP contribution >= 0.6 is 7.81 Å². The molecular formula is C15H34F6NP. The minimum absolute atomic E-state index is 0.855. The Hall–Kier alpha value is -0.0300. The molecule has 0 saturated heterocycles. The molecule has 1 nitrogen and oxygen atoms in total. The maximum absolute atomic E-state index is 10.7. The molecule has 0 aliphatic rings. The molecule has 146 valence electrons. The summed E-state index contributed by atoms with van der Waals surface area (Å²) in [5.41, 5.74) is 0. The Morgan fingerprint density at radius 1 is 0.565 bits per heavy atom. The number of hydrogen-bond acceptors (Lipinski definition) is 0. The summed E-state index contributed by atoms with van der Waals surface area (Å²) in [5.74, 6) is 2.56. The molecule has 0 aromatic rings. The van der Waals surface area contributed by atoms with Crippen LogP contribution in [-0.4, -0.2) is 19.6 Å². The molecule has 0 bridgehead atoms. The molecule has 0 atom stereocenters. The average Bonchev–Trinajstić information content (AvgIpc) is 2.22. The van der Waals surface area contributed by atoms with E-state index in [9.17, 15) is 25.2 Å². The fraction of sp³-hybridized carbons (Fsp3) is 1.00. The average molecular weight is 373 g/mol. The van der Waals surface area contributed by atoms with Crippen molar-refractivity contribution >= 4 is 7.81 Å². The van der Waals surface area contributed by atoms with Gasteiger partial charge in [0.25, 0.3) is 0 Å². The van der Waals surface area contributed by atoms with Gasteiger partial charge in [0.2, 0.25) is 0 Å². The zero-order valence-electron chi connectivity index (χ0n) is 15.2. The van der Waals surface area contributed by atoms with Gasteiger partial charge in [0, 0.05) is 0 Å². The second kappa shape index (κ2) is 8.89. The number of hydrogen-bond donors (Lipinski definition) is 1. The molecule has 0 aliphatic heterocycles. The second-order valence-corrected chi connectivity index (χ2v) is 9.42. The first-order chi connectivity index (χ1) is 9.86. The minimum atomic E-state index is -10.7. The number of rotatable bonds is 9. The summed E-state index contributed by atoms with van der Waals surface area (Å²) in [6, 6.07) is 0. The van der Waals surface area contributed by atoms with E-state index in [0.717, 1.165) is 17.8 Å². The van der Waals surface area contributed by atoms with Gasteiger partial charge in [-0.15, -0.1) is 0 Å². The van der Waals surface area contributed by atoms with Crippen LogP contribution in [0.25, 0.3) is 0 Å². The third kappa shape index (κ3) is 39.1. The van der Waals surface area contributed by atoms with E-state index in [1.54, 1.807) is 0 Å². The Morgan fingerprint density at radius 2 is 0.739 bits per heavy atom. The molecule has 0 rings (SSSR count). The third-order valence-corrected chi connectivity index (χ3v) is 3.23. The van der Waals surface area contributed by atoms with Crippen molar-refractivity contribution in [3.63, 3.8) is 0 Å². The van der Waals surface area contributed by atoms with Crippen LogP contribution in [0.4, 0.5) is 25.2 Å². The van der Waals surface area contributed by atoms with Crippen LogP contribution in [0, 0.1) is 17.8 Å². The van der Waals surface area contributed by atoms with Gasteiger partial charge in [0.05, 0.1) is 19.6 Å². The molecule has 1 N–H and O–H groups in total. The standard InChI is InChI=1S/C15H33N.F6P/c1-13(2)7-10-16(11-8-14(3)4)12-9-15(5)6;1-7(2,3,4,5)6/h13-15H,7-12H2,1-6H3;/q;-1/p+1. The van der Waals surface area contributed by atoms with Crippen LogP contribution in [0.15, 0.2) is 0 Å². The monoisotopic (exact) mass is 373 g/mol. The van der Waals surface area contributed by atoms with Crippen molar-refractivity contribution in [1.29, 1.82) is 0 Å². The molecule has 0 radical (unpaired) electrons. The first-order valence-electron chi connectivity index (χ1n) is 8.26. The van der Waals surface area contributed by atoms with Crippen molar-refractivity contribution in [3.8, 4) is 0 Å². The van der Waals surface area contributed by atoms with Gasteiger partial charge in [0.15, 0.2) is 0 Å². The van der Waals surface area contributed by atoms with Gasteiger partial charge >= 0.3 is 33.0 Å². The Balaban J connectivity index is 0. The van der Waals surface area contributed by atoms with Crippen LogP contribution in [-0.2, 0) is 0 Å². The molecule has 0 heterocycles. The molecule has 0 fully saturated rings. The van der Waals surface area contributed by atoms with Crippen molar-refractivity contribution in [2.24, 2.45) is 17.8 Å². The van der Waals surface area contributed by atoms with E-state index >= 15 is 0 Å². The van der Waals surface area contributed by atoms with Crippen molar-refractivity contribution in [1.82, 2.24) is 0 Å². The predicted molar refractivity (Wildman–Crippen MR) is 87.5 cm³/mol. The van der Waals surface area contributed by atoms with Crippen LogP contribution in [0.5, 0.6) is 0 Å². The number of nitrogens with one attached hydrogen (secondary N) is 1. The van der Waals surface area contributed by atoms with Gasteiger partial charge in [-0.1, -0.05) is 41.5 Å². The van der Waals surface area contributed by atoms with Crippen molar-refractivity contribution in [3.05, 3.63) is 0 Å². The fourth-order valence-electron chi connectivity index (χ4n) is 1.85. The van der Waals surface area contributed by atoms with E-state index < -0.39 is 7.81 Å². The van der Waals surface area contributed by atoms with Crippen LogP contribution in [0.3, 0.4) is 0 Å². The quantitative estimate of drug-likeness (QED) is 0.353. The number of quaternary nitrogens is 1.